The zero-order chi connectivity index (χ0) is 13.2. The number of amides is 1. The molecule has 6 heteroatoms. The highest BCUT2D eigenvalue weighted by Crippen LogP contribution is 2.05. The summed E-state index contributed by atoms with van der Waals surface area (Å²) >= 11 is 0. The average Bonchev–Trinajstić information content (AvgIpc) is 2.91. The normalized spacial score (nSPS) is 17.6. The van der Waals surface area contributed by atoms with E-state index in [9.17, 15) is 9.59 Å². The molecule has 0 aromatic heterocycles. The Bertz CT molecular complexity index is 269. The predicted octanol–water partition coefficient (Wildman–Crippen LogP) is 1.40. The van der Waals surface area contributed by atoms with Crippen molar-refractivity contribution in [1.29, 1.82) is 0 Å². The first-order valence-corrected chi connectivity index (χ1v) is 6.82. The highest BCUT2D eigenvalue weighted by Gasteiger charge is 2.20. The molecule has 1 saturated heterocycles. The number of carbonyl (C=O) groups is 2. The maximum absolute atomic E-state index is 11.6. The van der Waals surface area contributed by atoms with Crippen molar-refractivity contribution in [2.75, 3.05) is 20.2 Å². The molecule has 5 nitrogen and oxygen atoms in total. The van der Waals surface area contributed by atoms with Crippen LogP contribution in [0.5, 0.6) is 0 Å². The van der Waals surface area contributed by atoms with Crippen LogP contribution in [0.4, 0.5) is 0 Å². The molecule has 0 bridgehead atoms. The van der Waals surface area contributed by atoms with Gasteiger partial charge in [-0.1, -0.05) is 12.8 Å². The molecule has 1 unspecified atom stereocenters. The molecule has 0 aromatic rings. The highest BCUT2D eigenvalue weighted by molar-refractivity contribution is 5.85. The van der Waals surface area contributed by atoms with Gasteiger partial charge in [0.15, 0.2) is 0 Å². The van der Waals surface area contributed by atoms with Crippen LogP contribution >= 0.6 is 12.4 Å². The number of methoxy groups -OCH3 is 1. The van der Waals surface area contributed by atoms with E-state index >= 15 is 0 Å². The maximum atomic E-state index is 11.6. The van der Waals surface area contributed by atoms with Gasteiger partial charge in [0.05, 0.1) is 13.2 Å². The van der Waals surface area contributed by atoms with Crippen LogP contribution < -0.4 is 10.6 Å². The highest BCUT2D eigenvalue weighted by atomic mass is 35.5. The molecule has 0 aliphatic carbocycles. The molecule has 19 heavy (non-hydrogen) atoms. The van der Waals surface area contributed by atoms with Gasteiger partial charge in [0.25, 0.3) is 0 Å². The molecular formula is C13H25ClN2O3. The molecule has 0 saturated carbocycles. The van der Waals surface area contributed by atoms with Crippen LogP contribution in [0.15, 0.2) is 0 Å². The van der Waals surface area contributed by atoms with E-state index in [1.165, 1.54) is 7.11 Å². The summed E-state index contributed by atoms with van der Waals surface area (Å²) in [5.41, 5.74) is 0. The summed E-state index contributed by atoms with van der Waals surface area (Å²) in [5, 5.41) is 6.12. The third kappa shape index (κ3) is 8.06. The van der Waals surface area contributed by atoms with Crippen LogP contribution in [0.25, 0.3) is 0 Å². The molecule has 112 valence electrons. The van der Waals surface area contributed by atoms with E-state index in [1.54, 1.807) is 0 Å². The van der Waals surface area contributed by atoms with Gasteiger partial charge >= 0.3 is 5.97 Å². The van der Waals surface area contributed by atoms with Crippen LogP contribution in [-0.4, -0.2) is 38.1 Å². The number of carbonyl (C=O) groups excluding carboxylic acids is 2. The Morgan fingerprint density at radius 1 is 1.26 bits per heavy atom. The van der Waals surface area contributed by atoms with Gasteiger partial charge < -0.3 is 15.4 Å². The number of hydrogen-bond acceptors (Lipinski definition) is 4. The number of esters is 1. The summed E-state index contributed by atoms with van der Waals surface area (Å²) in [5.74, 6) is -0.0160. The van der Waals surface area contributed by atoms with Gasteiger partial charge in [-0.25, -0.2) is 0 Å². The number of nitrogens with one attached hydrogen (secondary N) is 2. The Morgan fingerprint density at radius 3 is 2.63 bits per heavy atom. The third-order valence-electron chi connectivity index (χ3n) is 3.21. The maximum Gasteiger partial charge on any atom is 0.305 e. The fourth-order valence-corrected chi connectivity index (χ4v) is 2.09. The Balaban J connectivity index is 0.00000324. The topological polar surface area (TPSA) is 67.4 Å². The van der Waals surface area contributed by atoms with E-state index in [4.69, 9.17) is 0 Å². The van der Waals surface area contributed by atoms with Gasteiger partial charge in [-0.3, -0.25) is 9.59 Å². The van der Waals surface area contributed by atoms with Gasteiger partial charge in [0, 0.05) is 13.0 Å². The van der Waals surface area contributed by atoms with E-state index in [1.807, 2.05) is 0 Å². The van der Waals surface area contributed by atoms with Gasteiger partial charge in [-0.05, 0) is 32.2 Å². The lowest BCUT2D eigenvalue weighted by Gasteiger charge is -2.10. The second kappa shape index (κ2) is 11.1. The monoisotopic (exact) mass is 292 g/mol. The molecule has 1 aliphatic heterocycles. The summed E-state index contributed by atoms with van der Waals surface area (Å²) in [6.07, 6.45) is 6.41. The molecular weight excluding hydrogens is 268 g/mol. The average molecular weight is 293 g/mol. The van der Waals surface area contributed by atoms with E-state index in [2.05, 4.69) is 15.4 Å². The Morgan fingerprint density at radius 2 is 2.00 bits per heavy atom. The lowest BCUT2D eigenvalue weighted by Crippen LogP contribution is -2.40. The van der Waals surface area contributed by atoms with Crippen molar-refractivity contribution < 1.29 is 14.3 Å². The molecule has 1 fully saturated rings. The fraction of sp³-hybridized carbons (Fsp3) is 0.846. The Hall–Kier alpha value is -0.810. The van der Waals surface area contributed by atoms with Crippen LogP contribution in [0.3, 0.4) is 0 Å². The number of rotatable bonds is 8. The van der Waals surface area contributed by atoms with Crippen molar-refractivity contribution in [3.8, 4) is 0 Å². The summed E-state index contributed by atoms with van der Waals surface area (Å²) in [4.78, 5) is 22.5. The summed E-state index contributed by atoms with van der Waals surface area (Å²) in [7, 11) is 1.41. The van der Waals surface area contributed by atoms with Crippen molar-refractivity contribution in [3.05, 3.63) is 0 Å². The summed E-state index contributed by atoms with van der Waals surface area (Å²) in [6, 6.07) is 0.0179. The first-order chi connectivity index (χ1) is 8.74. The van der Waals surface area contributed by atoms with Crippen molar-refractivity contribution in [2.45, 2.75) is 51.0 Å². The van der Waals surface area contributed by atoms with Gasteiger partial charge in [-0.2, -0.15) is 0 Å². The molecule has 1 heterocycles. The van der Waals surface area contributed by atoms with E-state index in [0.717, 1.165) is 51.6 Å². The molecule has 0 aromatic carbocycles. The Labute approximate surface area is 121 Å². The lowest BCUT2D eigenvalue weighted by molar-refractivity contribution is -0.140. The predicted molar refractivity (Wildman–Crippen MR) is 76.4 cm³/mol. The van der Waals surface area contributed by atoms with Crippen molar-refractivity contribution in [2.24, 2.45) is 0 Å². The van der Waals surface area contributed by atoms with Crippen LogP contribution in [0.2, 0.25) is 0 Å². The molecule has 0 radical (unpaired) electrons. The quantitative estimate of drug-likeness (QED) is 0.524. The second-order valence-electron chi connectivity index (χ2n) is 4.68. The zero-order valence-corrected chi connectivity index (χ0v) is 12.4. The van der Waals surface area contributed by atoms with Gasteiger partial charge in [-0.15, -0.1) is 12.4 Å². The van der Waals surface area contributed by atoms with Crippen LogP contribution in [0.1, 0.15) is 44.9 Å². The van der Waals surface area contributed by atoms with Crippen molar-refractivity contribution >= 4 is 24.3 Å². The zero-order valence-electron chi connectivity index (χ0n) is 11.6. The minimum absolute atomic E-state index is 0. The molecule has 1 amide bonds. The standard InChI is InChI=1S/C13H24N2O3.ClH/c1-18-12(16)8-4-2-3-5-9-15-13(17)11-7-6-10-14-11;/h11,14H,2-10H2,1H3,(H,15,17);1H. The third-order valence-corrected chi connectivity index (χ3v) is 3.21. The number of ether oxygens (including phenoxy) is 1. The Kier molecular flexibility index (Phi) is 10.6. The SMILES string of the molecule is COC(=O)CCCCCCNC(=O)C1CCCN1.Cl. The molecule has 0 spiro atoms. The fourth-order valence-electron chi connectivity index (χ4n) is 2.09. The summed E-state index contributed by atoms with van der Waals surface area (Å²) < 4.78 is 4.56. The number of unbranched alkanes of at least 4 members (excludes halogenated alkanes) is 3. The largest absolute Gasteiger partial charge is 0.469 e. The molecule has 1 rings (SSSR count). The van der Waals surface area contributed by atoms with E-state index < -0.39 is 0 Å². The van der Waals surface area contributed by atoms with E-state index in [0.29, 0.717) is 6.42 Å². The minimum atomic E-state index is -0.143. The van der Waals surface area contributed by atoms with Crippen molar-refractivity contribution in [3.63, 3.8) is 0 Å². The summed E-state index contributed by atoms with van der Waals surface area (Å²) in [6.45, 7) is 1.68. The number of halogens is 1. The molecule has 2 N–H and O–H groups in total. The van der Waals surface area contributed by atoms with Crippen molar-refractivity contribution in [1.82, 2.24) is 10.6 Å². The lowest BCUT2D eigenvalue weighted by atomic mass is 10.1. The minimum Gasteiger partial charge on any atom is -0.469 e. The first kappa shape index (κ1) is 18.2. The van der Waals surface area contributed by atoms with Gasteiger partial charge in [0.1, 0.15) is 0 Å². The van der Waals surface area contributed by atoms with E-state index in [-0.39, 0.29) is 30.3 Å². The second-order valence-corrected chi connectivity index (χ2v) is 4.68. The van der Waals surface area contributed by atoms with Crippen LogP contribution in [-0.2, 0) is 14.3 Å². The smallest absolute Gasteiger partial charge is 0.305 e. The van der Waals surface area contributed by atoms with Gasteiger partial charge in [0.2, 0.25) is 5.91 Å². The molecule has 1 aliphatic rings. The number of hydrogen-bond donors (Lipinski definition) is 2. The molecule has 1 atom stereocenters. The van der Waals surface area contributed by atoms with Crippen LogP contribution in [0, 0.1) is 0 Å². The first-order valence-electron chi connectivity index (χ1n) is 6.82.